The van der Waals surface area contributed by atoms with E-state index in [9.17, 15) is 30.6 Å². The van der Waals surface area contributed by atoms with Crippen LogP contribution in [-0.4, -0.2) is 123 Å². The van der Waals surface area contributed by atoms with Gasteiger partial charge in [-0.25, -0.2) is 0 Å². The highest BCUT2D eigenvalue weighted by atomic mass is 16.8. The second-order valence-corrected chi connectivity index (χ2v) is 17.9. The summed E-state index contributed by atoms with van der Waals surface area (Å²) in [6.07, 6.45) is -1.23. The standard InChI is InChI=1S/C38H60O12/c1-18-8-13-37(46-16-18)20(3)38(44)27(50-37)15-25-23-7-6-21-14-22(9-11-35(21,4)24(23)10-12-36(25,38)5)48-34-32(29(41)26(39)17-45-34)49-33-31(43)30(42)28(40)19(2)47-33/h6,18-20,22-34,39-44H,7-17H2,1-5H3. The minimum atomic E-state index is -1.57. The molecular formula is C38H60O12. The first-order valence-corrected chi connectivity index (χ1v) is 19.3. The molecule has 3 saturated carbocycles. The number of hydrogen-bond donors (Lipinski definition) is 6. The summed E-state index contributed by atoms with van der Waals surface area (Å²) in [4.78, 5) is 0. The van der Waals surface area contributed by atoms with E-state index in [2.05, 4.69) is 33.8 Å². The fourth-order valence-corrected chi connectivity index (χ4v) is 12.2. The first kappa shape index (κ1) is 36.2. The van der Waals surface area contributed by atoms with Crippen molar-refractivity contribution in [1.82, 2.24) is 0 Å². The Morgan fingerprint density at radius 2 is 1.60 bits per heavy atom. The molecule has 8 rings (SSSR count). The molecule has 6 N–H and O–H groups in total. The predicted molar refractivity (Wildman–Crippen MR) is 177 cm³/mol. The first-order chi connectivity index (χ1) is 23.6. The zero-order chi connectivity index (χ0) is 35.5. The molecule has 0 bridgehead atoms. The number of hydrogen-bond acceptors (Lipinski definition) is 12. The summed E-state index contributed by atoms with van der Waals surface area (Å²) in [5.74, 6) is 1.07. The average Bonchev–Trinajstić information content (AvgIpc) is 3.45. The van der Waals surface area contributed by atoms with Crippen LogP contribution in [0.15, 0.2) is 11.6 Å². The maximum atomic E-state index is 12.7. The second-order valence-electron chi connectivity index (χ2n) is 17.9. The zero-order valence-corrected chi connectivity index (χ0v) is 30.2. The number of rotatable bonds is 4. The maximum Gasteiger partial charge on any atom is 0.187 e. The van der Waals surface area contributed by atoms with E-state index in [1.165, 1.54) is 5.57 Å². The Kier molecular flexibility index (Phi) is 9.18. The topological polar surface area (TPSA) is 177 Å². The van der Waals surface area contributed by atoms with Crippen LogP contribution < -0.4 is 0 Å². The molecule has 0 radical (unpaired) electrons. The van der Waals surface area contributed by atoms with Crippen molar-refractivity contribution in [1.29, 1.82) is 0 Å². The lowest BCUT2D eigenvalue weighted by Crippen LogP contribution is -2.62. The van der Waals surface area contributed by atoms with Gasteiger partial charge < -0.3 is 59.1 Å². The van der Waals surface area contributed by atoms with E-state index in [0.29, 0.717) is 36.7 Å². The predicted octanol–water partition coefficient (Wildman–Crippen LogP) is 2.14. The molecule has 8 aliphatic rings. The summed E-state index contributed by atoms with van der Waals surface area (Å²) in [5, 5.41) is 65.0. The van der Waals surface area contributed by atoms with Crippen LogP contribution in [0.2, 0.25) is 0 Å². The smallest absolute Gasteiger partial charge is 0.187 e. The molecule has 1 spiro atoms. The van der Waals surface area contributed by atoms with Crippen LogP contribution in [0.1, 0.15) is 92.4 Å². The van der Waals surface area contributed by atoms with Crippen LogP contribution in [0, 0.1) is 40.4 Å². The molecule has 7 fully saturated rings. The highest BCUT2D eigenvalue weighted by Crippen LogP contribution is 2.72. The van der Waals surface area contributed by atoms with Crippen molar-refractivity contribution in [3.8, 4) is 0 Å². The second kappa shape index (κ2) is 12.7. The summed E-state index contributed by atoms with van der Waals surface area (Å²) < 4.78 is 37.2. The molecule has 0 aromatic carbocycles. The first-order valence-electron chi connectivity index (χ1n) is 19.3. The SMILES string of the molecule is CC1CCC2(OC1)OC1CC3C4CC=C5CC(OC6OCC(O)C(O)C6OC6OC(C)C(O)C(O)C6O)CCC5(C)C4CCC3(C)C1(O)C2C. The molecule has 12 nitrogen and oxygen atoms in total. The molecule has 12 heteroatoms. The number of aliphatic hydroxyl groups is 6. The molecule has 0 amide bonds. The van der Waals surface area contributed by atoms with E-state index in [0.717, 1.165) is 51.4 Å². The van der Waals surface area contributed by atoms with Crippen LogP contribution in [0.3, 0.4) is 0 Å². The molecule has 50 heavy (non-hydrogen) atoms. The Hall–Kier alpha value is -0.740. The largest absolute Gasteiger partial charge is 0.388 e. The van der Waals surface area contributed by atoms with Gasteiger partial charge >= 0.3 is 0 Å². The van der Waals surface area contributed by atoms with Crippen LogP contribution in [0.5, 0.6) is 0 Å². The minimum Gasteiger partial charge on any atom is -0.388 e. The highest BCUT2D eigenvalue weighted by Gasteiger charge is 2.76. The van der Waals surface area contributed by atoms with Gasteiger partial charge in [0.2, 0.25) is 0 Å². The number of ether oxygens (including phenoxy) is 6. The van der Waals surface area contributed by atoms with Crippen molar-refractivity contribution in [3.05, 3.63) is 11.6 Å². The van der Waals surface area contributed by atoms with Crippen LogP contribution >= 0.6 is 0 Å². The molecule has 20 unspecified atom stereocenters. The molecule has 20 atom stereocenters. The van der Waals surface area contributed by atoms with Crippen LogP contribution in [0.25, 0.3) is 0 Å². The Labute approximate surface area is 295 Å². The molecule has 284 valence electrons. The third-order valence-corrected chi connectivity index (χ3v) is 15.4. The molecular weight excluding hydrogens is 648 g/mol. The van der Waals surface area contributed by atoms with Gasteiger partial charge in [0.05, 0.1) is 31.5 Å². The van der Waals surface area contributed by atoms with E-state index in [-0.39, 0.29) is 35.6 Å². The summed E-state index contributed by atoms with van der Waals surface area (Å²) in [6, 6.07) is 0. The minimum absolute atomic E-state index is 0.00688. The maximum absolute atomic E-state index is 12.7. The summed E-state index contributed by atoms with van der Waals surface area (Å²) >= 11 is 0. The van der Waals surface area contributed by atoms with Crippen molar-refractivity contribution < 1.29 is 59.1 Å². The fourth-order valence-electron chi connectivity index (χ4n) is 12.2. The van der Waals surface area contributed by atoms with E-state index in [4.69, 9.17) is 28.4 Å². The monoisotopic (exact) mass is 708 g/mol. The normalized spacial score (nSPS) is 59.3. The van der Waals surface area contributed by atoms with Gasteiger partial charge in [-0.3, -0.25) is 0 Å². The quantitative estimate of drug-likeness (QED) is 0.235. The lowest BCUT2D eigenvalue weighted by atomic mass is 9.46. The highest BCUT2D eigenvalue weighted by molar-refractivity contribution is 5.29. The van der Waals surface area contributed by atoms with Gasteiger partial charge in [-0.15, -0.1) is 0 Å². The lowest BCUT2D eigenvalue weighted by Gasteiger charge is -2.60. The molecule has 4 aliphatic heterocycles. The third kappa shape index (κ3) is 5.21. The summed E-state index contributed by atoms with van der Waals surface area (Å²) in [5.41, 5.74) is 0.239. The molecule has 0 aromatic rings. The van der Waals surface area contributed by atoms with Crippen LogP contribution in [0.4, 0.5) is 0 Å². The lowest BCUT2D eigenvalue weighted by molar-refractivity contribution is -0.358. The van der Waals surface area contributed by atoms with E-state index in [1.54, 1.807) is 6.92 Å². The van der Waals surface area contributed by atoms with Crippen molar-refractivity contribution in [3.63, 3.8) is 0 Å². The number of aliphatic hydroxyl groups excluding tert-OH is 5. The fraction of sp³-hybridized carbons (Fsp3) is 0.947. The van der Waals surface area contributed by atoms with Crippen LogP contribution in [-0.2, 0) is 28.4 Å². The van der Waals surface area contributed by atoms with Gasteiger partial charge in [0, 0.05) is 17.8 Å². The Balaban J connectivity index is 0.961. The Morgan fingerprint density at radius 1 is 0.820 bits per heavy atom. The van der Waals surface area contributed by atoms with Gasteiger partial charge in [-0.05, 0) is 87.4 Å². The number of allylic oxidation sites excluding steroid dienone is 1. The zero-order valence-electron chi connectivity index (χ0n) is 30.2. The van der Waals surface area contributed by atoms with Crippen molar-refractivity contribution >= 4 is 0 Å². The molecule has 0 aromatic heterocycles. The van der Waals surface area contributed by atoms with Gasteiger partial charge in [0.1, 0.15) is 42.2 Å². The molecule has 4 saturated heterocycles. The van der Waals surface area contributed by atoms with Crippen molar-refractivity contribution in [2.75, 3.05) is 13.2 Å². The van der Waals surface area contributed by atoms with E-state index in [1.807, 2.05) is 0 Å². The molecule has 4 heterocycles. The van der Waals surface area contributed by atoms with Crippen molar-refractivity contribution in [2.24, 2.45) is 40.4 Å². The summed E-state index contributed by atoms with van der Waals surface area (Å²) in [7, 11) is 0. The van der Waals surface area contributed by atoms with Gasteiger partial charge in [0.15, 0.2) is 18.4 Å². The Morgan fingerprint density at radius 3 is 2.34 bits per heavy atom. The van der Waals surface area contributed by atoms with E-state index < -0.39 is 66.7 Å². The van der Waals surface area contributed by atoms with Gasteiger partial charge in [0.25, 0.3) is 0 Å². The van der Waals surface area contributed by atoms with Crippen molar-refractivity contribution in [2.45, 2.75) is 171 Å². The Bertz CT molecular complexity index is 1300. The van der Waals surface area contributed by atoms with Gasteiger partial charge in [-0.1, -0.05) is 39.3 Å². The molecule has 4 aliphatic carbocycles. The third-order valence-electron chi connectivity index (χ3n) is 15.4. The van der Waals surface area contributed by atoms with Gasteiger partial charge in [-0.2, -0.15) is 0 Å². The average molecular weight is 709 g/mol. The van der Waals surface area contributed by atoms with E-state index >= 15 is 0 Å². The summed E-state index contributed by atoms with van der Waals surface area (Å²) in [6.45, 7) is 11.2. The number of fused-ring (bicyclic) bond motifs is 7.